The number of hydrogen-bond donors (Lipinski definition) is 0. The molecule has 1 aliphatic rings. The molecule has 3 atom stereocenters. The van der Waals surface area contributed by atoms with Crippen molar-refractivity contribution in [2.75, 3.05) is 6.61 Å². The number of thioether (sulfide) groups is 1. The Hall–Kier alpha value is -1.44. The van der Waals surface area contributed by atoms with Gasteiger partial charge in [0.05, 0.1) is 11.5 Å². The first kappa shape index (κ1) is 30.8. The quantitative estimate of drug-likeness (QED) is 0.209. The molecule has 0 bridgehead atoms. The Kier molecular flexibility index (Phi) is 11.0. The van der Waals surface area contributed by atoms with Crippen molar-refractivity contribution < 1.29 is 22.2 Å². The summed E-state index contributed by atoms with van der Waals surface area (Å²) in [7, 11) is -3.84. The van der Waals surface area contributed by atoms with Gasteiger partial charge in [0.25, 0.3) is 10.1 Å². The topological polar surface area (TPSA) is 77.5 Å². The molecule has 1 saturated carbocycles. The fourth-order valence-corrected chi connectivity index (χ4v) is 6.81. The SMILES string of the molecule is Cc1ccc(S(=O)(=O)OC/C=C/C[C@@]2(C)C(=O)CC[C@@H]2[C@@H](CCCC(C)C)C(=O)SC(C)(C)C)cc1. The Morgan fingerprint density at radius 3 is 2.39 bits per heavy atom. The summed E-state index contributed by atoms with van der Waals surface area (Å²) >= 11 is 1.39. The van der Waals surface area contributed by atoms with E-state index in [4.69, 9.17) is 4.18 Å². The predicted molar refractivity (Wildman–Crippen MR) is 148 cm³/mol. The van der Waals surface area contributed by atoms with Crippen LogP contribution in [0.1, 0.15) is 85.6 Å². The van der Waals surface area contributed by atoms with Gasteiger partial charge in [-0.3, -0.25) is 13.8 Å². The van der Waals surface area contributed by atoms with Gasteiger partial charge in [0.1, 0.15) is 5.78 Å². The number of benzene rings is 1. The number of aryl methyl sites for hydroxylation is 1. The van der Waals surface area contributed by atoms with Gasteiger partial charge in [0.15, 0.2) is 5.12 Å². The van der Waals surface area contributed by atoms with Crippen LogP contribution in [0.4, 0.5) is 0 Å². The summed E-state index contributed by atoms with van der Waals surface area (Å²) in [6.45, 7) is 14.3. The first-order valence-corrected chi connectivity index (χ1v) is 15.3. The van der Waals surface area contributed by atoms with Crippen molar-refractivity contribution in [2.45, 2.75) is 96.6 Å². The van der Waals surface area contributed by atoms with Crippen LogP contribution in [0, 0.1) is 30.1 Å². The molecule has 0 aromatic heterocycles. The summed E-state index contributed by atoms with van der Waals surface area (Å²) in [5.74, 6) is 0.594. The molecule has 0 aliphatic heterocycles. The Balaban J connectivity index is 2.10. The Morgan fingerprint density at radius 1 is 1.17 bits per heavy atom. The minimum absolute atomic E-state index is 0.0126. The van der Waals surface area contributed by atoms with Crippen LogP contribution in [0.2, 0.25) is 0 Å². The molecule has 0 N–H and O–H groups in total. The molecular formula is C29H44O5S2. The molecule has 1 aliphatic carbocycles. The molecule has 0 heterocycles. The fourth-order valence-electron chi connectivity index (χ4n) is 4.91. The van der Waals surface area contributed by atoms with E-state index in [-0.39, 0.29) is 39.0 Å². The number of carbonyl (C=O) groups excluding carboxylic acids is 2. The van der Waals surface area contributed by atoms with Gasteiger partial charge in [-0.25, -0.2) is 0 Å². The van der Waals surface area contributed by atoms with E-state index in [1.807, 2.05) is 40.7 Å². The summed E-state index contributed by atoms with van der Waals surface area (Å²) in [6, 6.07) is 6.53. The third-order valence-corrected chi connectivity index (χ3v) is 9.38. The van der Waals surface area contributed by atoms with E-state index in [1.165, 1.54) is 23.9 Å². The van der Waals surface area contributed by atoms with Crippen molar-refractivity contribution in [3.63, 3.8) is 0 Å². The van der Waals surface area contributed by atoms with E-state index in [1.54, 1.807) is 18.2 Å². The van der Waals surface area contributed by atoms with E-state index in [0.29, 0.717) is 18.8 Å². The molecule has 0 spiro atoms. The zero-order chi connectivity index (χ0) is 27.1. The molecule has 0 saturated heterocycles. The minimum Gasteiger partial charge on any atom is -0.299 e. The predicted octanol–water partition coefficient (Wildman–Crippen LogP) is 7.13. The lowest BCUT2D eigenvalue weighted by molar-refractivity contribution is -0.128. The lowest BCUT2D eigenvalue weighted by Gasteiger charge is -2.35. The number of Topliss-reactive ketones (excluding diaryl/α,β-unsaturated/α-hetero) is 1. The largest absolute Gasteiger partial charge is 0.299 e. The lowest BCUT2D eigenvalue weighted by atomic mass is 9.69. The van der Waals surface area contributed by atoms with Gasteiger partial charge in [-0.05, 0) is 50.2 Å². The normalized spacial score (nSPS) is 22.0. The van der Waals surface area contributed by atoms with Crippen LogP contribution in [0.3, 0.4) is 0 Å². The first-order chi connectivity index (χ1) is 16.7. The van der Waals surface area contributed by atoms with Crippen LogP contribution in [0.25, 0.3) is 0 Å². The molecule has 0 radical (unpaired) electrons. The smallest absolute Gasteiger partial charge is 0.297 e. The second-order valence-corrected chi connectivity index (χ2v) is 15.1. The second kappa shape index (κ2) is 12.9. The van der Waals surface area contributed by atoms with Crippen LogP contribution >= 0.6 is 11.8 Å². The van der Waals surface area contributed by atoms with Crippen molar-refractivity contribution >= 4 is 32.8 Å². The van der Waals surface area contributed by atoms with Gasteiger partial charge < -0.3 is 0 Å². The summed E-state index contributed by atoms with van der Waals surface area (Å²) in [5.41, 5.74) is 0.336. The highest BCUT2D eigenvalue weighted by molar-refractivity contribution is 8.14. The molecule has 0 unspecified atom stereocenters. The molecule has 36 heavy (non-hydrogen) atoms. The molecule has 1 aromatic carbocycles. The van der Waals surface area contributed by atoms with E-state index in [9.17, 15) is 18.0 Å². The Labute approximate surface area is 223 Å². The second-order valence-electron chi connectivity index (χ2n) is 11.7. The van der Waals surface area contributed by atoms with E-state index < -0.39 is 15.5 Å². The average molecular weight is 537 g/mol. The van der Waals surface area contributed by atoms with Gasteiger partial charge in [0.2, 0.25) is 0 Å². The highest BCUT2D eigenvalue weighted by Crippen LogP contribution is 2.50. The molecule has 1 aromatic rings. The van der Waals surface area contributed by atoms with Crippen LogP contribution in [-0.4, -0.2) is 30.7 Å². The molecule has 0 amide bonds. The van der Waals surface area contributed by atoms with Gasteiger partial charge in [-0.2, -0.15) is 8.42 Å². The number of carbonyl (C=O) groups is 2. The molecule has 2 rings (SSSR count). The number of rotatable bonds is 12. The van der Waals surface area contributed by atoms with E-state index >= 15 is 0 Å². The van der Waals surface area contributed by atoms with Gasteiger partial charge >= 0.3 is 0 Å². The molecule has 5 nitrogen and oxygen atoms in total. The highest BCUT2D eigenvalue weighted by atomic mass is 32.2. The van der Waals surface area contributed by atoms with Gasteiger partial charge in [-0.1, -0.05) is 96.0 Å². The van der Waals surface area contributed by atoms with Crippen molar-refractivity contribution in [2.24, 2.45) is 23.2 Å². The molecular weight excluding hydrogens is 492 g/mol. The summed E-state index contributed by atoms with van der Waals surface area (Å²) in [5, 5.41) is 0.189. The maximum Gasteiger partial charge on any atom is 0.297 e. The number of allylic oxidation sites excluding steroid dienone is 1. The van der Waals surface area contributed by atoms with Crippen molar-refractivity contribution in [1.29, 1.82) is 0 Å². The Morgan fingerprint density at radius 2 is 1.81 bits per heavy atom. The molecule has 1 fully saturated rings. The maximum absolute atomic E-state index is 13.4. The van der Waals surface area contributed by atoms with E-state index in [0.717, 1.165) is 31.2 Å². The minimum atomic E-state index is -3.84. The van der Waals surface area contributed by atoms with Crippen molar-refractivity contribution in [3.8, 4) is 0 Å². The zero-order valence-electron chi connectivity index (χ0n) is 23.0. The van der Waals surface area contributed by atoms with Crippen molar-refractivity contribution in [1.82, 2.24) is 0 Å². The summed E-state index contributed by atoms with van der Waals surface area (Å²) in [4.78, 5) is 26.6. The lowest BCUT2D eigenvalue weighted by Crippen LogP contribution is -2.36. The fraction of sp³-hybridized carbons (Fsp3) is 0.655. The summed E-state index contributed by atoms with van der Waals surface area (Å²) in [6.07, 6.45) is 8.03. The van der Waals surface area contributed by atoms with Crippen molar-refractivity contribution in [3.05, 3.63) is 42.0 Å². The highest BCUT2D eigenvalue weighted by Gasteiger charge is 2.50. The first-order valence-electron chi connectivity index (χ1n) is 13.0. The third kappa shape index (κ3) is 8.84. The molecule has 7 heteroatoms. The Bertz CT molecular complexity index is 1020. The monoisotopic (exact) mass is 536 g/mol. The van der Waals surface area contributed by atoms with Gasteiger partial charge in [0, 0.05) is 22.5 Å². The summed E-state index contributed by atoms with van der Waals surface area (Å²) < 4.78 is 29.8. The van der Waals surface area contributed by atoms with Gasteiger partial charge in [-0.15, -0.1) is 0 Å². The van der Waals surface area contributed by atoms with Crippen LogP contribution < -0.4 is 0 Å². The third-order valence-electron chi connectivity index (χ3n) is 6.97. The van der Waals surface area contributed by atoms with E-state index in [2.05, 4.69) is 13.8 Å². The standard InChI is InChI=1S/C29H44O5S2/c1-21(2)11-10-12-24(27(31)35-28(4,5)6)25-17-18-26(30)29(25,7)19-8-9-20-34-36(32,33)23-15-13-22(3)14-16-23/h8-9,13-16,21,24-25H,10-12,17-20H2,1-7H3/b9-8+/t24-,25-,29-/m1/s1. The maximum atomic E-state index is 13.4. The van der Waals surface area contributed by atoms with Crippen LogP contribution in [-0.2, 0) is 23.9 Å². The molecule has 202 valence electrons. The average Bonchev–Trinajstić information content (AvgIpc) is 3.04. The number of ketones is 1. The van der Waals surface area contributed by atoms with Crippen LogP contribution in [0.5, 0.6) is 0 Å². The zero-order valence-corrected chi connectivity index (χ0v) is 24.6. The number of hydrogen-bond acceptors (Lipinski definition) is 6. The van der Waals surface area contributed by atoms with Crippen LogP contribution in [0.15, 0.2) is 41.3 Å².